The summed E-state index contributed by atoms with van der Waals surface area (Å²) in [6.07, 6.45) is 1.07. The Balaban J connectivity index is 2.46. The van der Waals surface area contributed by atoms with Gasteiger partial charge in [0.2, 0.25) is 0 Å². The molecule has 14 heavy (non-hydrogen) atoms. The summed E-state index contributed by atoms with van der Waals surface area (Å²) in [7, 11) is 1.74. The van der Waals surface area contributed by atoms with E-state index in [1.807, 2.05) is 25.1 Å². The Morgan fingerprint density at radius 2 is 1.93 bits per heavy atom. The Kier molecular flexibility index (Phi) is 5.27. The average molecular weight is 194 g/mol. The first-order chi connectivity index (χ1) is 6.88. The van der Waals surface area contributed by atoms with Gasteiger partial charge in [-0.25, -0.2) is 0 Å². The van der Waals surface area contributed by atoms with Crippen molar-refractivity contribution in [1.29, 1.82) is 0 Å². The van der Waals surface area contributed by atoms with Gasteiger partial charge in [0.15, 0.2) is 0 Å². The molecule has 0 aromatic heterocycles. The van der Waals surface area contributed by atoms with E-state index in [0.29, 0.717) is 0 Å². The Morgan fingerprint density at radius 3 is 2.50 bits per heavy atom. The maximum atomic E-state index is 5.40. The second kappa shape index (κ2) is 6.57. The second-order valence-corrected chi connectivity index (χ2v) is 3.12. The van der Waals surface area contributed by atoms with Crippen LogP contribution in [0.1, 0.15) is 25.0 Å². The van der Waals surface area contributed by atoms with Gasteiger partial charge in [0.1, 0.15) is 0 Å². The topological polar surface area (TPSA) is 18.5 Å². The van der Waals surface area contributed by atoms with Gasteiger partial charge in [-0.2, -0.15) is 0 Å². The van der Waals surface area contributed by atoms with Crippen LogP contribution in [0.25, 0.3) is 0 Å². The van der Waals surface area contributed by atoms with Crippen LogP contribution in [0.15, 0.2) is 30.3 Å². The van der Waals surface area contributed by atoms with E-state index in [4.69, 9.17) is 9.47 Å². The van der Waals surface area contributed by atoms with Crippen LogP contribution in [0.4, 0.5) is 0 Å². The smallest absolute Gasteiger partial charge is 0.0843 e. The van der Waals surface area contributed by atoms with Crippen molar-refractivity contribution in [1.82, 2.24) is 0 Å². The molecule has 0 amide bonds. The summed E-state index contributed by atoms with van der Waals surface area (Å²) in [5.74, 6) is 0. The molecule has 2 nitrogen and oxygen atoms in total. The fourth-order valence-corrected chi connectivity index (χ4v) is 1.42. The average Bonchev–Trinajstić information content (AvgIpc) is 2.26. The summed E-state index contributed by atoms with van der Waals surface area (Å²) in [6, 6.07) is 10.2. The maximum absolute atomic E-state index is 5.40. The molecule has 0 aliphatic heterocycles. The predicted molar refractivity (Wildman–Crippen MR) is 57.3 cm³/mol. The van der Waals surface area contributed by atoms with Crippen molar-refractivity contribution in [2.75, 3.05) is 20.3 Å². The molecule has 0 radical (unpaired) electrons. The van der Waals surface area contributed by atoms with Crippen molar-refractivity contribution in [2.45, 2.75) is 19.4 Å². The first kappa shape index (κ1) is 11.2. The number of methoxy groups -OCH3 is 1. The summed E-state index contributed by atoms with van der Waals surface area (Å²) < 4.78 is 10.7. The second-order valence-electron chi connectivity index (χ2n) is 3.12. The summed E-state index contributed by atoms with van der Waals surface area (Å²) in [4.78, 5) is 0. The lowest BCUT2D eigenvalue weighted by atomic mass is 10.1. The van der Waals surface area contributed by atoms with Gasteiger partial charge >= 0.3 is 0 Å². The molecular weight excluding hydrogens is 176 g/mol. The molecule has 0 aliphatic rings. The van der Waals surface area contributed by atoms with Crippen LogP contribution in [0.3, 0.4) is 0 Å². The molecule has 1 atom stereocenters. The van der Waals surface area contributed by atoms with Crippen molar-refractivity contribution < 1.29 is 9.47 Å². The van der Waals surface area contributed by atoms with Gasteiger partial charge in [0, 0.05) is 26.7 Å². The van der Waals surface area contributed by atoms with Crippen molar-refractivity contribution in [3.05, 3.63) is 35.9 Å². The number of hydrogen-bond acceptors (Lipinski definition) is 2. The number of rotatable bonds is 6. The normalized spacial score (nSPS) is 12.7. The number of hydrogen-bond donors (Lipinski definition) is 0. The van der Waals surface area contributed by atoms with Gasteiger partial charge in [-0.05, 0) is 12.5 Å². The molecule has 0 fully saturated rings. The predicted octanol–water partition coefficient (Wildman–Crippen LogP) is 2.80. The lowest BCUT2D eigenvalue weighted by Crippen LogP contribution is -2.05. The number of ether oxygens (including phenoxy) is 2. The fourth-order valence-electron chi connectivity index (χ4n) is 1.42. The van der Waals surface area contributed by atoms with E-state index in [1.165, 1.54) is 5.56 Å². The van der Waals surface area contributed by atoms with Gasteiger partial charge in [0.05, 0.1) is 6.10 Å². The molecule has 0 heterocycles. The molecule has 1 unspecified atom stereocenters. The first-order valence-corrected chi connectivity index (χ1v) is 5.04. The van der Waals surface area contributed by atoms with Crippen LogP contribution in [0, 0.1) is 0 Å². The highest BCUT2D eigenvalue weighted by molar-refractivity contribution is 5.17. The largest absolute Gasteiger partial charge is 0.382 e. The van der Waals surface area contributed by atoms with Crippen LogP contribution in [0.2, 0.25) is 0 Å². The third kappa shape index (κ3) is 3.48. The molecule has 0 saturated heterocycles. The maximum Gasteiger partial charge on any atom is 0.0843 e. The summed E-state index contributed by atoms with van der Waals surface area (Å²) in [5, 5.41) is 0. The standard InChI is InChI=1S/C12H18O2/c1-3-14-10-9-12(13-2)11-7-5-4-6-8-11/h4-8,12H,3,9-10H2,1-2H3. The molecular formula is C12H18O2. The Hall–Kier alpha value is -0.860. The lowest BCUT2D eigenvalue weighted by Gasteiger charge is -2.15. The molecule has 1 rings (SSSR count). The minimum Gasteiger partial charge on any atom is -0.382 e. The minimum atomic E-state index is 0.155. The van der Waals surface area contributed by atoms with Crippen LogP contribution in [0.5, 0.6) is 0 Å². The zero-order valence-electron chi connectivity index (χ0n) is 8.90. The van der Waals surface area contributed by atoms with Gasteiger partial charge in [0.25, 0.3) is 0 Å². The molecule has 0 bridgehead atoms. The van der Waals surface area contributed by atoms with Crippen LogP contribution < -0.4 is 0 Å². The van der Waals surface area contributed by atoms with E-state index in [-0.39, 0.29) is 6.10 Å². The van der Waals surface area contributed by atoms with Gasteiger partial charge < -0.3 is 9.47 Å². The van der Waals surface area contributed by atoms with Crippen LogP contribution >= 0.6 is 0 Å². The molecule has 78 valence electrons. The highest BCUT2D eigenvalue weighted by Crippen LogP contribution is 2.19. The Bertz CT molecular complexity index is 233. The summed E-state index contributed by atoms with van der Waals surface area (Å²) in [6.45, 7) is 3.53. The molecule has 0 aliphatic carbocycles. The summed E-state index contributed by atoms with van der Waals surface area (Å²) in [5.41, 5.74) is 1.22. The third-order valence-electron chi connectivity index (χ3n) is 2.18. The van der Waals surface area contributed by atoms with Crippen molar-refractivity contribution in [3.63, 3.8) is 0 Å². The number of benzene rings is 1. The highest BCUT2D eigenvalue weighted by atomic mass is 16.5. The molecule has 1 aromatic rings. The van der Waals surface area contributed by atoms with Crippen LogP contribution in [-0.4, -0.2) is 20.3 Å². The van der Waals surface area contributed by atoms with E-state index in [9.17, 15) is 0 Å². The molecule has 1 aromatic carbocycles. The van der Waals surface area contributed by atoms with E-state index in [2.05, 4.69) is 12.1 Å². The highest BCUT2D eigenvalue weighted by Gasteiger charge is 2.08. The van der Waals surface area contributed by atoms with E-state index in [1.54, 1.807) is 7.11 Å². The molecule has 0 spiro atoms. The summed E-state index contributed by atoms with van der Waals surface area (Å²) >= 11 is 0. The van der Waals surface area contributed by atoms with E-state index < -0.39 is 0 Å². The Morgan fingerprint density at radius 1 is 1.21 bits per heavy atom. The van der Waals surface area contributed by atoms with Crippen molar-refractivity contribution in [3.8, 4) is 0 Å². The van der Waals surface area contributed by atoms with Crippen LogP contribution in [-0.2, 0) is 9.47 Å². The Labute approximate surface area is 85.8 Å². The monoisotopic (exact) mass is 194 g/mol. The van der Waals surface area contributed by atoms with Gasteiger partial charge in [-0.3, -0.25) is 0 Å². The quantitative estimate of drug-likeness (QED) is 0.648. The third-order valence-corrected chi connectivity index (χ3v) is 2.18. The van der Waals surface area contributed by atoms with E-state index in [0.717, 1.165) is 19.6 Å². The van der Waals surface area contributed by atoms with Gasteiger partial charge in [-0.1, -0.05) is 30.3 Å². The lowest BCUT2D eigenvalue weighted by molar-refractivity contribution is 0.0549. The van der Waals surface area contributed by atoms with E-state index >= 15 is 0 Å². The molecule has 2 heteroatoms. The van der Waals surface area contributed by atoms with Gasteiger partial charge in [-0.15, -0.1) is 0 Å². The van der Waals surface area contributed by atoms with Crippen molar-refractivity contribution >= 4 is 0 Å². The molecule has 0 saturated carbocycles. The molecule has 0 N–H and O–H groups in total. The zero-order chi connectivity index (χ0) is 10.2. The minimum absolute atomic E-state index is 0.155. The zero-order valence-corrected chi connectivity index (χ0v) is 8.90. The fraction of sp³-hybridized carbons (Fsp3) is 0.500. The first-order valence-electron chi connectivity index (χ1n) is 5.04. The van der Waals surface area contributed by atoms with Crippen molar-refractivity contribution in [2.24, 2.45) is 0 Å². The SMILES string of the molecule is CCOCCC(OC)c1ccccc1.